The predicted molar refractivity (Wildman–Crippen MR) is 110 cm³/mol. The van der Waals surface area contributed by atoms with Gasteiger partial charge in [0.1, 0.15) is 5.75 Å². The molecule has 0 bridgehead atoms. The number of methoxy groups -OCH3 is 1. The van der Waals surface area contributed by atoms with Crippen LogP contribution in [-0.4, -0.2) is 57.8 Å². The van der Waals surface area contributed by atoms with E-state index in [1.165, 1.54) is 18.3 Å². The second-order valence-electron chi connectivity index (χ2n) is 7.29. The van der Waals surface area contributed by atoms with Crippen molar-refractivity contribution >= 4 is 21.8 Å². The predicted octanol–water partition coefficient (Wildman–Crippen LogP) is 1.37. The minimum atomic E-state index is -3.57. The Balaban J connectivity index is 1.94. The Kier molecular flexibility index (Phi) is 8.45. The van der Waals surface area contributed by atoms with E-state index >= 15 is 0 Å². The van der Waals surface area contributed by atoms with Crippen LogP contribution < -0.4 is 15.4 Å². The summed E-state index contributed by atoms with van der Waals surface area (Å²) in [5.74, 6) is 0.681. The Bertz CT molecular complexity index is 795. The second-order valence-corrected chi connectivity index (χ2v) is 9.23. The molecule has 0 spiro atoms. The molecule has 2 amide bonds. The highest BCUT2D eigenvalue weighted by molar-refractivity contribution is 7.89. The molecule has 1 heterocycles. The molecule has 162 valence electrons. The maximum atomic E-state index is 13.0. The summed E-state index contributed by atoms with van der Waals surface area (Å²) in [5.41, 5.74) is 0. The summed E-state index contributed by atoms with van der Waals surface area (Å²) < 4.78 is 32.6. The van der Waals surface area contributed by atoms with Crippen molar-refractivity contribution in [1.82, 2.24) is 14.9 Å². The normalized spacial score (nSPS) is 20.1. The summed E-state index contributed by atoms with van der Waals surface area (Å²) in [7, 11) is -2.03. The number of piperidine rings is 1. The molecule has 1 saturated heterocycles. The highest BCUT2D eigenvalue weighted by atomic mass is 32.2. The van der Waals surface area contributed by atoms with Crippen LogP contribution in [0.2, 0.25) is 0 Å². The zero-order valence-corrected chi connectivity index (χ0v) is 18.1. The van der Waals surface area contributed by atoms with E-state index < -0.39 is 10.0 Å². The number of amides is 2. The quantitative estimate of drug-likeness (QED) is 0.582. The lowest BCUT2D eigenvalue weighted by Gasteiger charge is -2.37. The second kappa shape index (κ2) is 10.6. The third-order valence-corrected chi connectivity index (χ3v) is 7.22. The van der Waals surface area contributed by atoms with Crippen molar-refractivity contribution in [1.29, 1.82) is 0 Å². The summed E-state index contributed by atoms with van der Waals surface area (Å²) >= 11 is 0. The highest BCUT2D eigenvalue weighted by Crippen LogP contribution is 2.32. The van der Waals surface area contributed by atoms with Crippen molar-refractivity contribution < 1.29 is 22.7 Å². The highest BCUT2D eigenvalue weighted by Gasteiger charge is 2.35. The summed E-state index contributed by atoms with van der Waals surface area (Å²) in [6.07, 6.45) is 1.82. The van der Waals surface area contributed by atoms with Crippen LogP contribution in [0.25, 0.3) is 0 Å². The van der Waals surface area contributed by atoms with Gasteiger partial charge >= 0.3 is 0 Å². The number of hydrogen-bond donors (Lipinski definition) is 2. The number of benzene rings is 1. The molecule has 29 heavy (non-hydrogen) atoms. The molecular weight excluding hydrogens is 394 g/mol. The van der Waals surface area contributed by atoms with Gasteiger partial charge in [0.2, 0.25) is 21.8 Å². The molecule has 8 nitrogen and oxygen atoms in total. The van der Waals surface area contributed by atoms with Gasteiger partial charge in [-0.25, -0.2) is 8.42 Å². The Morgan fingerprint density at radius 2 is 1.79 bits per heavy atom. The number of nitrogens with one attached hydrogen (secondary N) is 2. The monoisotopic (exact) mass is 425 g/mol. The lowest BCUT2D eigenvalue weighted by molar-refractivity contribution is -0.123. The minimum absolute atomic E-state index is 0.0646. The van der Waals surface area contributed by atoms with Crippen molar-refractivity contribution in [2.75, 3.05) is 33.3 Å². The minimum Gasteiger partial charge on any atom is -0.497 e. The van der Waals surface area contributed by atoms with Crippen LogP contribution in [-0.2, 0) is 19.6 Å². The number of hydrogen-bond acceptors (Lipinski definition) is 5. The van der Waals surface area contributed by atoms with Crippen molar-refractivity contribution in [2.45, 2.75) is 38.0 Å². The molecule has 2 N–H and O–H groups in total. The van der Waals surface area contributed by atoms with Gasteiger partial charge in [0.25, 0.3) is 0 Å². The SMILES string of the molecule is CCC1CN(S(=O)(=O)c2ccc(OC)cc2)CCC1CC(=O)NCCNC(C)=O. The van der Waals surface area contributed by atoms with Crippen molar-refractivity contribution in [3.8, 4) is 5.75 Å². The van der Waals surface area contributed by atoms with Gasteiger partial charge in [0.15, 0.2) is 0 Å². The summed E-state index contributed by atoms with van der Waals surface area (Å²) in [5, 5.41) is 5.45. The zero-order chi connectivity index (χ0) is 21.4. The maximum absolute atomic E-state index is 13.0. The van der Waals surface area contributed by atoms with Gasteiger partial charge < -0.3 is 15.4 Å². The molecule has 1 aromatic rings. The lowest BCUT2D eigenvalue weighted by atomic mass is 9.82. The Labute approximate surface area is 173 Å². The molecule has 0 saturated carbocycles. The van der Waals surface area contributed by atoms with Gasteiger partial charge in [-0.15, -0.1) is 0 Å². The van der Waals surface area contributed by atoms with Crippen molar-refractivity contribution in [3.05, 3.63) is 24.3 Å². The van der Waals surface area contributed by atoms with Gasteiger partial charge in [-0.2, -0.15) is 4.31 Å². The van der Waals surface area contributed by atoms with Crippen LogP contribution in [0.1, 0.15) is 33.1 Å². The third kappa shape index (κ3) is 6.43. The van der Waals surface area contributed by atoms with Gasteiger partial charge in [0.05, 0.1) is 12.0 Å². The summed E-state index contributed by atoms with van der Waals surface area (Å²) in [4.78, 5) is 23.3. The first-order chi connectivity index (χ1) is 13.8. The van der Waals surface area contributed by atoms with Gasteiger partial charge in [-0.1, -0.05) is 13.3 Å². The standard InChI is InChI=1S/C20H31N3O5S/c1-4-16-14-23(29(26,27)19-7-5-18(28-3)6-8-19)12-9-17(16)13-20(25)22-11-10-21-15(2)24/h5-8,16-17H,4,9-14H2,1-3H3,(H,21,24)(H,22,25). The fraction of sp³-hybridized carbons (Fsp3) is 0.600. The number of carbonyl (C=O) groups is 2. The largest absolute Gasteiger partial charge is 0.497 e. The number of rotatable bonds is 9. The average Bonchev–Trinajstić information content (AvgIpc) is 2.71. The first kappa shape index (κ1) is 23.2. The Morgan fingerprint density at radius 1 is 1.14 bits per heavy atom. The molecule has 1 aromatic carbocycles. The molecule has 0 aromatic heterocycles. The lowest BCUT2D eigenvalue weighted by Crippen LogP contribution is -2.45. The molecule has 2 rings (SSSR count). The third-order valence-electron chi connectivity index (χ3n) is 5.34. The fourth-order valence-corrected chi connectivity index (χ4v) is 5.16. The van der Waals surface area contributed by atoms with Crippen LogP contribution in [0.5, 0.6) is 5.75 Å². The van der Waals surface area contributed by atoms with E-state index in [1.54, 1.807) is 24.3 Å². The molecule has 2 atom stereocenters. The van der Waals surface area contributed by atoms with E-state index in [2.05, 4.69) is 10.6 Å². The van der Waals surface area contributed by atoms with Gasteiger partial charge in [0, 0.05) is 39.5 Å². The zero-order valence-electron chi connectivity index (χ0n) is 17.3. The van der Waals surface area contributed by atoms with E-state index in [-0.39, 0.29) is 28.5 Å². The molecule has 1 fully saturated rings. The Morgan fingerprint density at radius 3 is 2.38 bits per heavy atom. The van der Waals surface area contributed by atoms with Crippen LogP contribution in [0.4, 0.5) is 0 Å². The average molecular weight is 426 g/mol. The summed E-state index contributed by atoms with van der Waals surface area (Å²) in [6.45, 7) is 5.05. The number of carbonyl (C=O) groups excluding carboxylic acids is 2. The summed E-state index contributed by atoms with van der Waals surface area (Å²) in [6, 6.07) is 6.40. The fourth-order valence-electron chi connectivity index (χ4n) is 3.64. The smallest absolute Gasteiger partial charge is 0.243 e. The molecule has 9 heteroatoms. The first-order valence-electron chi connectivity index (χ1n) is 9.93. The maximum Gasteiger partial charge on any atom is 0.243 e. The number of sulfonamides is 1. The van der Waals surface area contributed by atoms with E-state index in [0.717, 1.165) is 6.42 Å². The van der Waals surface area contributed by atoms with Crippen molar-refractivity contribution in [2.24, 2.45) is 11.8 Å². The van der Waals surface area contributed by atoms with Gasteiger partial charge in [-0.05, 0) is 42.5 Å². The first-order valence-corrected chi connectivity index (χ1v) is 11.4. The molecular formula is C20H31N3O5S. The van der Waals surface area contributed by atoms with E-state index in [1.807, 2.05) is 6.92 Å². The number of ether oxygens (including phenoxy) is 1. The van der Waals surface area contributed by atoms with Crippen LogP contribution in [0.15, 0.2) is 29.2 Å². The van der Waals surface area contributed by atoms with Crippen LogP contribution in [0, 0.1) is 11.8 Å². The van der Waals surface area contributed by atoms with Crippen LogP contribution >= 0.6 is 0 Å². The van der Waals surface area contributed by atoms with E-state index in [4.69, 9.17) is 4.74 Å². The van der Waals surface area contributed by atoms with Gasteiger partial charge in [-0.3, -0.25) is 9.59 Å². The molecule has 2 unspecified atom stereocenters. The van der Waals surface area contributed by atoms with E-state index in [0.29, 0.717) is 44.8 Å². The molecule has 0 radical (unpaired) electrons. The van der Waals surface area contributed by atoms with Crippen molar-refractivity contribution in [3.63, 3.8) is 0 Å². The topological polar surface area (TPSA) is 105 Å². The Hall–Kier alpha value is -2.13. The van der Waals surface area contributed by atoms with E-state index in [9.17, 15) is 18.0 Å². The molecule has 1 aliphatic rings. The molecule has 1 aliphatic heterocycles. The molecule has 0 aliphatic carbocycles. The number of nitrogens with zero attached hydrogens (tertiary/aromatic N) is 1. The van der Waals surface area contributed by atoms with Crippen LogP contribution in [0.3, 0.4) is 0 Å².